The lowest BCUT2D eigenvalue weighted by Gasteiger charge is -2.04. The number of nitriles is 1. The van der Waals surface area contributed by atoms with Crippen LogP contribution in [0, 0.1) is 34.6 Å². The van der Waals surface area contributed by atoms with Gasteiger partial charge in [0.2, 0.25) is 0 Å². The Labute approximate surface area is 98.6 Å². The Kier molecular flexibility index (Phi) is 6.06. The van der Waals surface area contributed by atoms with Crippen molar-refractivity contribution in [3.05, 3.63) is 34.9 Å². The Balaban J connectivity index is 0.000000770. The quantitative estimate of drug-likeness (QED) is 0.280. The van der Waals surface area contributed by atoms with Crippen LogP contribution in [0.25, 0.3) is 0 Å². The summed E-state index contributed by atoms with van der Waals surface area (Å²) in [6.07, 6.45) is 0. The van der Waals surface area contributed by atoms with Gasteiger partial charge in [-0.25, -0.2) is 23.1 Å². The van der Waals surface area contributed by atoms with Crippen molar-refractivity contribution in [2.75, 3.05) is 0 Å². The summed E-state index contributed by atoms with van der Waals surface area (Å²) in [6.45, 7) is 1.43. The standard InChI is InChI=1S/C7H2F5NS.C2H3N/c8-3-1-2(7(14)13-12)4(9)6(11)5(3)10;1-2-3/h1H,(H,13,14);1H3. The van der Waals surface area contributed by atoms with E-state index in [1.54, 1.807) is 6.07 Å². The van der Waals surface area contributed by atoms with Gasteiger partial charge in [0.15, 0.2) is 23.3 Å². The first-order valence-electron chi connectivity index (χ1n) is 3.95. The third-order valence-corrected chi connectivity index (χ3v) is 1.73. The van der Waals surface area contributed by atoms with E-state index in [2.05, 4.69) is 12.2 Å². The number of halogens is 5. The van der Waals surface area contributed by atoms with Crippen molar-refractivity contribution < 1.29 is 22.0 Å². The van der Waals surface area contributed by atoms with Crippen LogP contribution in [-0.2, 0) is 0 Å². The van der Waals surface area contributed by atoms with E-state index in [1.165, 1.54) is 6.92 Å². The molecule has 0 aliphatic carbocycles. The van der Waals surface area contributed by atoms with Crippen LogP contribution >= 0.6 is 12.2 Å². The van der Waals surface area contributed by atoms with E-state index in [1.807, 2.05) is 0 Å². The first kappa shape index (κ1) is 15.2. The third-order valence-electron chi connectivity index (χ3n) is 1.43. The van der Waals surface area contributed by atoms with Gasteiger partial charge in [0.05, 0.1) is 11.6 Å². The van der Waals surface area contributed by atoms with Crippen LogP contribution < -0.4 is 5.54 Å². The summed E-state index contributed by atoms with van der Waals surface area (Å²) in [4.78, 5) is -0.861. The molecule has 0 aliphatic rings. The van der Waals surface area contributed by atoms with Gasteiger partial charge in [-0.2, -0.15) is 5.26 Å². The molecule has 92 valence electrons. The molecule has 2 nitrogen and oxygen atoms in total. The molecule has 0 saturated heterocycles. The zero-order valence-electron chi connectivity index (χ0n) is 8.32. The number of hydrogen-bond donors (Lipinski definition) is 1. The molecular weight excluding hydrogens is 263 g/mol. The Morgan fingerprint density at radius 2 is 1.71 bits per heavy atom. The number of hydrogen-bond acceptors (Lipinski definition) is 2. The van der Waals surface area contributed by atoms with Crippen LogP contribution in [0.2, 0.25) is 0 Å². The molecule has 0 aliphatic heterocycles. The second-order valence-electron chi connectivity index (χ2n) is 2.50. The predicted octanol–water partition coefficient (Wildman–Crippen LogP) is 2.92. The fourth-order valence-corrected chi connectivity index (χ4v) is 0.938. The lowest BCUT2D eigenvalue weighted by Crippen LogP contribution is -2.16. The molecule has 8 heteroatoms. The van der Waals surface area contributed by atoms with Gasteiger partial charge in [-0.3, -0.25) is 0 Å². The molecule has 0 atom stereocenters. The number of benzene rings is 1. The van der Waals surface area contributed by atoms with E-state index in [0.29, 0.717) is 0 Å². The van der Waals surface area contributed by atoms with Gasteiger partial charge >= 0.3 is 0 Å². The fraction of sp³-hybridized carbons (Fsp3) is 0.111. The van der Waals surface area contributed by atoms with Crippen molar-refractivity contribution in [2.24, 2.45) is 0 Å². The van der Waals surface area contributed by atoms with Crippen LogP contribution in [0.1, 0.15) is 12.5 Å². The number of nitrogens with one attached hydrogen (secondary N) is 1. The van der Waals surface area contributed by atoms with Crippen LogP contribution in [0.5, 0.6) is 0 Å². The zero-order valence-corrected chi connectivity index (χ0v) is 9.14. The van der Waals surface area contributed by atoms with Gasteiger partial charge < -0.3 is 0 Å². The van der Waals surface area contributed by atoms with E-state index in [4.69, 9.17) is 5.26 Å². The minimum atomic E-state index is -2.03. The average Bonchev–Trinajstić information content (AvgIpc) is 2.31. The van der Waals surface area contributed by atoms with Gasteiger partial charge in [-0.15, -0.1) is 4.48 Å². The van der Waals surface area contributed by atoms with Gasteiger partial charge in [0.1, 0.15) is 4.99 Å². The fourth-order valence-electron chi connectivity index (χ4n) is 0.789. The molecule has 0 spiro atoms. The van der Waals surface area contributed by atoms with Crippen molar-refractivity contribution in [1.82, 2.24) is 5.54 Å². The Morgan fingerprint density at radius 3 is 2.12 bits per heavy atom. The van der Waals surface area contributed by atoms with Gasteiger partial charge in [0, 0.05) is 6.92 Å². The summed E-state index contributed by atoms with van der Waals surface area (Å²) in [5, 5.41) is 7.32. The van der Waals surface area contributed by atoms with Crippen molar-refractivity contribution in [2.45, 2.75) is 6.92 Å². The molecule has 0 radical (unpaired) electrons. The summed E-state index contributed by atoms with van der Waals surface area (Å²) < 4.78 is 62.0. The summed E-state index contributed by atoms with van der Waals surface area (Å²) in [7, 11) is 0. The maximum atomic E-state index is 12.8. The van der Waals surface area contributed by atoms with E-state index < -0.39 is 33.8 Å². The molecule has 0 heterocycles. The maximum Gasteiger partial charge on any atom is 0.198 e. The van der Waals surface area contributed by atoms with Gasteiger partial charge in [0.25, 0.3) is 0 Å². The van der Waals surface area contributed by atoms with Crippen LogP contribution in [0.4, 0.5) is 22.0 Å². The molecule has 0 unspecified atom stereocenters. The van der Waals surface area contributed by atoms with Crippen LogP contribution in [0.15, 0.2) is 6.07 Å². The average molecular weight is 268 g/mol. The topological polar surface area (TPSA) is 35.8 Å². The smallest absolute Gasteiger partial charge is 0.198 e. The largest absolute Gasteiger partial charge is 0.213 e. The lowest BCUT2D eigenvalue weighted by atomic mass is 10.2. The highest BCUT2D eigenvalue weighted by atomic mass is 32.1. The highest BCUT2D eigenvalue weighted by Crippen LogP contribution is 2.18. The van der Waals surface area contributed by atoms with Crippen molar-refractivity contribution in [3.8, 4) is 6.07 Å². The molecule has 0 bridgehead atoms. The van der Waals surface area contributed by atoms with Crippen molar-refractivity contribution >= 4 is 17.2 Å². The first-order valence-corrected chi connectivity index (χ1v) is 4.36. The summed E-state index contributed by atoms with van der Waals surface area (Å²) in [6, 6.07) is 2.02. The number of rotatable bonds is 1. The normalized spacial score (nSPS) is 8.76. The second-order valence-corrected chi connectivity index (χ2v) is 2.90. The lowest BCUT2D eigenvalue weighted by molar-refractivity contribution is 0.404. The first-order chi connectivity index (χ1) is 7.90. The minimum Gasteiger partial charge on any atom is -0.213 e. The van der Waals surface area contributed by atoms with Gasteiger partial charge in [-0.1, -0.05) is 12.2 Å². The molecule has 1 aromatic rings. The third kappa shape index (κ3) is 3.64. The van der Waals surface area contributed by atoms with Crippen LogP contribution in [-0.4, -0.2) is 4.99 Å². The molecule has 0 fully saturated rings. The Hall–Kier alpha value is -1.75. The SMILES string of the molecule is CC#N.FNC(=S)c1cc(F)c(F)c(F)c1F. The molecule has 0 aromatic heterocycles. The Bertz CT molecular complexity index is 469. The van der Waals surface area contributed by atoms with E-state index >= 15 is 0 Å². The number of thiocarbonyl (C=S) groups is 1. The van der Waals surface area contributed by atoms with Crippen LogP contribution in [0.3, 0.4) is 0 Å². The molecule has 0 amide bonds. The molecular formula is C9H5F5N2S. The zero-order chi connectivity index (χ0) is 13.6. The van der Waals surface area contributed by atoms with E-state index in [-0.39, 0.29) is 6.07 Å². The molecule has 0 saturated carbocycles. The van der Waals surface area contributed by atoms with E-state index in [9.17, 15) is 22.0 Å². The van der Waals surface area contributed by atoms with E-state index in [0.717, 1.165) is 5.54 Å². The van der Waals surface area contributed by atoms with Gasteiger partial charge in [-0.05, 0) is 6.07 Å². The highest BCUT2D eigenvalue weighted by Gasteiger charge is 2.20. The second kappa shape index (κ2) is 6.75. The predicted molar refractivity (Wildman–Crippen MR) is 53.5 cm³/mol. The molecule has 1 aromatic carbocycles. The monoisotopic (exact) mass is 268 g/mol. The summed E-state index contributed by atoms with van der Waals surface area (Å²) >= 11 is 4.19. The maximum absolute atomic E-state index is 12.8. The van der Waals surface area contributed by atoms with Crippen molar-refractivity contribution in [3.63, 3.8) is 0 Å². The summed E-state index contributed by atoms with van der Waals surface area (Å²) in [5.74, 6) is -7.37. The Morgan fingerprint density at radius 1 is 1.24 bits per heavy atom. The number of nitrogens with zero attached hydrogens (tertiary/aromatic N) is 1. The minimum absolute atomic E-state index is 0.267. The van der Waals surface area contributed by atoms with Crippen molar-refractivity contribution in [1.29, 1.82) is 5.26 Å². The molecule has 1 rings (SSSR count). The summed E-state index contributed by atoms with van der Waals surface area (Å²) in [5.41, 5.74) is -0.0444. The highest BCUT2D eigenvalue weighted by molar-refractivity contribution is 7.80. The molecule has 17 heavy (non-hydrogen) atoms. The molecule has 1 N–H and O–H groups in total.